The van der Waals surface area contributed by atoms with Crippen LogP contribution in [0.1, 0.15) is 19.8 Å². The molecule has 1 saturated heterocycles. The largest absolute Gasteiger partial charge is 0.480 e. The average Bonchev–Trinajstić information content (AvgIpc) is 2.34. The number of amides is 2. The number of urea groups is 1. The Balaban J connectivity index is 2.55. The molecule has 2 amide bonds. The smallest absolute Gasteiger partial charge is 0.328 e. The Hall–Kier alpha value is -1.34. The average molecular weight is 260 g/mol. The number of carboxylic acid groups (broad SMARTS) is 1. The maximum atomic E-state index is 11.8. The molecule has 1 heterocycles. The van der Waals surface area contributed by atoms with E-state index >= 15 is 0 Å². The molecule has 0 aromatic carbocycles. The van der Waals surface area contributed by atoms with Crippen LogP contribution in [-0.4, -0.2) is 64.1 Å². The number of hydrogen-bond donors (Lipinski definition) is 4. The van der Waals surface area contributed by atoms with E-state index in [2.05, 4.69) is 5.32 Å². The van der Waals surface area contributed by atoms with Crippen molar-refractivity contribution in [1.82, 2.24) is 10.2 Å². The maximum Gasteiger partial charge on any atom is 0.328 e. The van der Waals surface area contributed by atoms with Crippen LogP contribution in [0.4, 0.5) is 4.79 Å². The van der Waals surface area contributed by atoms with Crippen molar-refractivity contribution in [3.8, 4) is 0 Å². The number of carbonyl (C=O) groups is 2. The van der Waals surface area contributed by atoms with Gasteiger partial charge in [-0.3, -0.25) is 0 Å². The number of carbonyl (C=O) groups excluding carboxylic acids is 1. The molecule has 0 radical (unpaired) electrons. The first-order valence-electron chi connectivity index (χ1n) is 6.03. The molecule has 104 valence electrons. The number of likely N-dealkylation sites (tertiary alicyclic amines) is 1. The number of aliphatic hydroxyl groups is 2. The van der Waals surface area contributed by atoms with E-state index in [1.807, 2.05) is 0 Å². The fraction of sp³-hybridized carbons (Fsp3) is 0.818. The molecular formula is C11H20N2O5. The van der Waals surface area contributed by atoms with Gasteiger partial charge in [-0.1, -0.05) is 0 Å². The molecule has 7 heteroatoms. The highest BCUT2D eigenvalue weighted by Crippen LogP contribution is 2.15. The lowest BCUT2D eigenvalue weighted by Gasteiger charge is -2.33. The van der Waals surface area contributed by atoms with E-state index < -0.39 is 24.1 Å². The number of piperidine rings is 1. The van der Waals surface area contributed by atoms with Gasteiger partial charge in [-0.15, -0.1) is 0 Å². The van der Waals surface area contributed by atoms with Gasteiger partial charge in [0.1, 0.15) is 0 Å². The second-order valence-corrected chi connectivity index (χ2v) is 4.64. The molecule has 0 spiro atoms. The lowest BCUT2D eigenvalue weighted by atomic mass is 9.99. The number of aliphatic carboxylic acids is 1. The molecule has 0 aliphatic carbocycles. The Morgan fingerprint density at radius 3 is 2.67 bits per heavy atom. The standard InChI is InChI=1S/C11H20N2O5/c1-7(15)9(10(16)17)12-11(18)13-4-2-3-8(5-13)6-14/h7-9,14-15H,2-6H2,1H3,(H,12,18)(H,16,17)/t7-,8?,9+/m1/s1. The zero-order valence-corrected chi connectivity index (χ0v) is 10.4. The summed E-state index contributed by atoms with van der Waals surface area (Å²) < 4.78 is 0. The van der Waals surface area contributed by atoms with Crippen LogP contribution < -0.4 is 5.32 Å². The summed E-state index contributed by atoms with van der Waals surface area (Å²) in [7, 11) is 0. The Bertz CT molecular complexity index is 308. The molecule has 1 aliphatic heterocycles. The summed E-state index contributed by atoms with van der Waals surface area (Å²) >= 11 is 0. The molecule has 0 aromatic rings. The minimum absolute atomic E-state index is 0.0164. The summed E-state index contributed by atoms with van der Waals surface area (Å²) in [6, 6.07) is -1.83. The Morgan fingerprint density at radius 1 is 1.50 bits per heavy atom. The highest BCUT2D eigenvalue weighted by Gasteiger charge is 2.29. The van der Waals surface area contributed by atoms with Crippen LogP contribution in [0.2, 0.25) is 0 Å². The van der Waals surface area contributed by atoms with Crippen molar-refractivity contribution in [2.75, 3.05) is 19.7 Å². The van der Waals surface area contributed by atoms with Crippen molar-refractivity contribution in [2.45, 2.75) is 31.9 Å². The molecule has 1 unspecified atom stereocenters. The van der Waals surface area contributed by atoms with Crippen molar-refractivity contribution in [3.05, 3.63) is 0 Å². The van der Waals surface area contributed by atoms with Crippen LogP contribution >= 0.6 is 0 Å². The van der Waals surface area contributed by atoms with Gasteiger partial charge in [0, 0.05) is 19.7 Å². The Kier molecular flexibility index (Phi) is 5.36. The zero-order valence-electron chi connectivity index (χ0n) is 10.4. The van der Waals surface area contributed by atoms with Gasteiger partial charge in [0.25, 0.3) is 0 Å². The number of hydrogen-bond acceptors (Lipinski definition) is 4. The first kappa shape index (κ1) is 14.7. The fourth-order valence-electron chi connectivity index (χ4n) is 2.01. The number of carboxylic acids is 1. The van der Waals surface area contributed by atoms with E-state index in [0.717, 1.165) is 12.8 Å². The summed E-state index contributed by atoms with van der Waals surface area (Å²) in [4.78, 5) is 24.2. The lowest BCUT2D eigenvalue weighted by molar-refractivity contribution is -0.141. The topological polar surface area (TPSA) is 110 Å². The molecule has 18 heavy (non-hydrogen) atoms. The van der Waals surface area contributed by atoms with Crippen molar-refractivity contribution in [2.24, 2.45) is 5.92 Å². The lowest BCUT2D eigenvalue weighted by Crippen LogP contribution is -2.54. The van der Waals surface area contributed by atoms with Gasteiger partial charge >= 0.3 is 12.0 Å². The molecule has 1 fully saturated rings. The molecule has 0 bridgehead atoms. The summed E-state index contributed by atoms with van der Waals surface area (Å²) in [5.74, 6) is -1.23. The van der Waals surface area contributed by atoms with Crippen LogP contribution in [-0.2, 0) is 4.79 Å². The Morgan fingerprint density at radius 2 is 2.17 bits per heavy atom. The third kappa shape index (κ3) is 3.85. The van der Waals surface area contributed by atoms with Gasteiger partial charge in [-0.2, -0.15) is 0 Å². The van der Waals surface area contributed by atoms with Gasteiger partial charge in [0.05, 0.1) is 6.10 Å². The van der Waals surface area contributed by atoms with Crippen molar-refractivity contribution < 1.29 is 24.9 Å². The summed E-state index contributed by atoms with van der Waals surface area (Å²) in [6.45, 7) is 2.28. The molecular weight excluding hydrogens is 240 g/mol. The molecule has 4 N–H and O–H groups in total. The molecule has 0 saturated carbocycles. The third-order valence-electron chi connectivity index (χ3n) is 3.09. The molecule has 3 atom stereocenters. The second kappa shape index (κ2) is 6.55. The van der Waals surface area contributed by atoms with E-state index in [9.17, 15) is 14.7 Å². The number of nitrogens with zero attached hydrogens (tertiary/aromatic N) is 1. The summed E-state index contributed by atoms with van der Waals surface area (Å²) in [5, 5.41) is 29.5. The van der Waals surface area contributed by atoms with Crippen LogP contribution in [0.15, 0.2) is 0 Å². The van der Waals surface area contributed by atoms with Crippen molar-refractivity contribution in [3.63, 3.8) is 0 Å². The van der Waals surface area contributed by atoms with E-state index in [4.69, 9.17) is 10.2 Å². The first-order chi connectivity index (χ1) is 8.45. The van der Waals surface area contributed by atoms with E-state index in [1.165, 1.54) is 11.8 Å². The Labute approximate surface area is 105 Å². The van der Waals surface area contributed by atoms with Crippen LogP contribution in [0.3, 0.4) is 0 Å². The predicted octanol–water partition coefficient (Wildman–Crippen LogP) is -0.766. The van der Waals surface area contributed by atoms with E-state index in [0.29, 0.717) is 13.1 Å². The van der Waals surface area contributed by atoms with Crippen LogP contribution in [0.5, 0.6) is 0 Å². The summed E-state index contributed by atoms with van der Waals surface area (Å²) in [5.41, 5.74) is 0. The summed E-state index contributed by atoms with van der Waals surface area (Å²) in [6.07, 6.45) is 0.481. The predicted molar refractivity (Wildman–Crippen MR) is 63.0 cm³/mol. The molecule has 7 nitrogen and oxygen atoms in total. The van der Waals surface area contributed by atoms with Gasteiger partial charge in [0.15, 0.2) is 6.04 Å². The third-order valence-corrected chi connectivity index (χ3v) is 3.09. The monoisotopic (exact) mass is 260 g/mol. The van der Waals surface area contributed by atoms with Gasteiger partial charge in [-0.05, 0) is 25.7 Å². The first-order valence-corrected chi connectivity index (χ1v) is 6.03. The maximum absolute atomic E-state index is 11.8. The van der Waals surface area contributed by atoms with Crippen molar-refractivity contribution in [1.29, 1.82) is 0 Å². The van der Waals surface area contributed by atoms with Gasteiger partial charge in [-0.25, -0.2) is 9.59 Å². The highest BCUT2D eigenvalue weighted by atomic mass is 16.4. The van der Waals surface area contributed by atoms with Crippen LogP contribution in [0, 0.1) is 5.92 Å². The van der Waals surface area contributed by atoms with Gasteiger partial charge < -0.3 is 25.5 Å². The SMILES string of the molecule is C[C@@H](O)[C@H](NC(=O)N1CCCC(CO)C1)C(=O)O. The van der Waals surface area contributed by atoms with Gasteiger partial charge in [0.2, 0.25) is 0 Å². The minimum Gasteiger partial charge on any atom is -0.480 e. The quantitative estimate of drug-likeness (QED) is 0.531. The van der Waals surface area contributed by atoms with E-state index in [-0.39, 0.29) is 12.5 Å². The van der Waals surface area contributed by atoms with Crippen LogP contribution in [0.25, 0.3) is 0 Å². The number of rotatable bonds is 4. The molecule has 1 aliphatic rings. The fourth-order valence-corrected chi connectivity index (χ4v) is 2.01. The molecule has 1 rings (SSSR count). The number of aliphatic hydroxyl groups excluding tert-OH is 2. The highest BCUT2D eigenvalue weighted by molar-refractivity contribution is 5.83. The minimum atomic E-state index is -1.31. The van der Waals surface area contributed by atoms with E-state index in [1.54, 1.807) is 0 Å². The number of nitrogens with one attached hydrogen (secondary N) is 1. The second-order valence-electron chi connectivity index (χ2n) is 4.64. The zero-order chi connectivity index (χ0) is 13.7. The normalized spacial score (nSPS) is 23.3. The van der Waals surface area contributed by atoms with Crippen molar-refractivity contribution >= 4 is 12.0 Å². The molecule has 0 aromatic heterocycles.